The maximum atomic E-state index is 13.2. The van der Waals surface area contributed by atoms with Gasteiger partial charge in [-0.1, -0.05) is 30.3 Å². The molecule has 1 heterocycles. The molecule has 2 aromatic rings. The molecule has 36 heavy (non-hydrogen) atoms. The third kappa shape index (κ3) is 5.51. The lowest BCUT2D eigenvalue weighted by Gasteiger charge is -2.37. The Kier molecular flexibility index (Phi) is 7.59. The summed E-state index contributed by atoms with van der Waals surface area (Å²) in [5.41, 5.74) is 10.8. The topological polar surface area (TPSA) is 87.9 Å². The van der Waals surface area contributed by atoms with Crippen molar-refractivity contribution in [2.24, 2.45) is 0 Å². The van der Waals surface area contributed by atoms with E-state index in [2.05, 4.69) is 22.3 Å². The summed E-state index contributed by atoms with van der Waals surface area (Å²) in [6.07, 6.45) is 3.07. The van der Waals surface area contributed by atoms with E-state index in [0.29, 0.717) is 12.3 Å². The highest BCUT2D eigenvalue weighted by atomic mass is 16.5. The van der Waals surface area contributed by atoms with Gasteiger partial charge in [0.1, 0.15) is 5.75 Å². The van der Waals surface area contributed by atoms with Gasteiger partial charge in [-0.3, -0.25) is 14.5 Å². The second kappa shape index (κ2) is 10.5. The summed E-state index contributed by atoms with van der Waals surface area (Å²) < 4.78 is 6.09. The molecule has 1 saturated heterocycles. The second-order valence-electron chi connectivity index (χ2n) is 10.6. The van der Waals surface area contributed by atoms with E-state index in [9.17, 15) is 9.59 Å². The van der Waals surface area contributed by atoms with Gasteiger partial charge in [-0.2, -0.15) is 0 Å². The van der Waals surface area contributed by atoms with Crippen LogP contribution >= 0.6 is 0 Å². The number of carbonyl (C=O) groups excluding carboxylic acids is 2. The number of hydrogen-bond donors (Lipinski definition) is 2. The van der Waals surface area contributed by atoms with Crippen LogP contribution in [0.15, 0.2) is 36.4 Å². The van der Waals surface area contributed by atoms with Gasteiger partial charge in [0.05, 0.1) is 12.1 Å². The quantitative estimate of drug-likeness (QED) is 0.549. The molecule has 1 aliphatic carbocycles. The predicted octanol–water partition coefficient (Wildman–Crippen LogP) is 3.69. The van der Waals surface area contributed by atoms with Crippen molar-refractivity contribution in [2.45, 2.75) is 71.1 Å². The summed E-state index contributed by atoms with van der Waals surface area (Å²) in [6, 6.07) is 12.3. The molecule has 7 heteroatoms. The first-order chi connectivity index (χ1) is 17.1. The maximum Gasteiger partial charge on any atom is 0.263 e. The fraction of sp³-hybridized carbons (Fsp3) is 0.517. The Bertz CT molecular complexity index is 1110. The van der Waals surface area contributed by atoms with E-state index < -0.39 is 6.10 Å². The Morgan fingerprint density at radius 3 is 2.39 bits per heavy atom. The number of nitrogen functional groups attached to an aromatic ring is 1. The summed E-state index contributed by atoms with van der Waals surface area (Å²) in [6.45, 7) is 9.68. The molecule has 194 valence electrons. The Morgan fingerprint density at radius 1 is 1.14 bits per heavy atom. The SMILES string of the molecule is Cc1cc(OC(C)C(=O)N(C)C2CCN(CC(=O)NC3(c4ccccc4)CC3)CC2)c(C)c(C)c1N. The molecule has 1 saturated carbocycles. The van der Waals surface area contributed by atoms with E-state index in [4.69, 9.17) is 10.5 Å². The van der Waals surface area contributed by atoms with E-state index in [0.717, 1.165) is 61.2 Å². The van der Waals surface area contributed by atoms with Crippen molar-refractivity contribution in [3.8, 4) is 5.75 Å². The lowest BCUT2D eigenvalue weighted by Crippen LogP contribution is -2.51. The molecule has 0 radical (unpaired) electrons. The minimum atomic E-state index is -0.590. The highest BCUT2D eigenvalue weighted by Crippen LogP contribution is 2.45. The molecule has 2 fully saturated rings. The average molecular weight is 493 g/mol. The van der Waals surface area contributed by atoms with Crippen LogP contribution < -0.4 is 15.8 Å². The number of rotatable bonds is 8. The first-order valence-corrected chi connectivity index (χ1v) is 13.0. The van der Waals surface area contributed by atoms with Crippen LogP contribution in [0.5, 0.6) is 5.75 Å². The van der Waals surface area contributed by atoms with Crippen molar-refractivity contribution in [1.82, 2.24) is 15.1 Å². The van der Waals surface area contributed by atoms with Crippen LogP contribution in [-0.2, 0) is 15.1 Å². The molecule has 0 spiro atoms. The Balaban J connectivity index is 1.26. The molecule has 1 aliphatic heterocycles. The third-order valence-electron chi connectivity index (χ3n) is 8.03. The van der Waals surface area contributed by atoms with Crippen LogP contribution in [0.3, 0.4) is 0 Å². The zero-order chi connectivity index (χ0) is 26.0. The van der Waals surface area contributed by atoms with E-state index in [-0.39, 0.29) is 23.4 Å². The van der Waals surface area contributed by atoms with Crippen molar-refractivity contribution in [3.63, 3.8) is 0 Å². The van der Waals surface area contributed by atoms with Gasteiger partial charge in [0.2, 0.25) is 5.91 Å². The summed E-state index contributed by atoms with van der Waals surface area (Å²) in [5, 5.41) is 3.27. The number of nitrogens with one attached hydrogen (secondary N) is 1. The Hall–Kier alpha value is -3.06. The minimum Gasteiger partial charge on any atom is -0.481 e. The number of amides is 2. The molecule has 2 aliphatic rings. The lowest BCUT2D eigenvalue weighted by molar-refractivity contribution is -0.140. The highest BCUT2D eigenvalue weighted by molar-refractivity contribution is 5.81. The van der Waals surface area contributed by atoms with E-state index in [1.807, 2.05) is 57.0 Å². The minimum absolute atomic E-state index is 0.0312. The van der Waals surface area contributed by atoms with E-state index >= 15 is 0 Å². The number of nitrogens with zero attached hydrogens (tertiary/aromatic N) is 2. The molecule has 4 rings (SSSR count). The lowest BCUT2D eigenvalue weighted by atomic mass is 10.0. The predicted molar refractivity (Wildman–Crippen MR) is 143 cm³/mol. The van der Waals surface area contributed by atoms with Gasteiger partial charge in [-0.05, 0) is 81.7 Å². The van der Waals surface area contributed by atoms with Crippen molar-refractivity contribution in [2.75, 3.05) is 32.4 Å². The number of likely N-dealkylation sites (N-methyl/N-ethyl adjacent to an activating group) is 1. The molecule has 2 amide bonds. The first-order valence-electron chi connectivity index (χ1n) is 13.0. The number of piperidine rings is 1. The van der Waals surface area contributed by atoms with Crippen LogP contribution in [0.4, 0.5) is 5.69 Å². The van der Waals surface area contributed by atoms with Gasteiger partial charge >= 0.3 is 0 Å². The van der Waals surface area contributed by atoms with Gasteiger partial charge in [0, 0.05) is 31.9 Å². The number of aryl methyl sites for hydroxylation is 1. The smallest absolute Gasteiger partial charge is 0.263 e. The zero-order valence-electron chi connectivity index (χ0n) is 22.3. The van der Waals surface area contributed by atoms with E-state index in [1.54, 1.807) is 6.92 Å². The summed E-state index contributed by atoms with van der Waals surface area (Å²) >= 11 is 0. The number of nitrogens with two attached hydrogens (primary N) is 1. The molecule has 1 unspecified atom stereocenters. The zero-order valence-corrected chi connectivity index (χ0v) is 22.3. The molecule has 0 aromatic heterocycles. The molecular weight excluding hydrogens is 452 g/mol. The molecule has 2 aromatic carbocycles. The van der Waals surface area contributed by atoms with Crippen LogP contribution in [0.2, 0.25) is 0 Å². The summed E-state index contributed by atoms with van der Waals surface area (Å²) in [5.74, 6) is 0.750. The number of carbonyl (C=O) groups is 2. The number of benzene rings is 2. The normalized spacial score (nSPS) is 18.4. The second-order valence-corrected chi connectivity index (χ2v) is 10.6. The maximum absolute atomic E-state index is 13.2. The van der Waals surface area contributed by atoms with Gasteiger partial charge in [0.15, 0.2) is 6.10 Å². The third-order valence-corrected chi connectivity index (χ3v) is 8.03. The Labute approximate surface area is 215 Å². The Morgan fingerprint density at radius 2 is 1.78 bits per heavy atom. The van der Waals surface area contributed by atoms with Crippen LogP contribution in [0.25, 0.3) is 0 Å². The number of ether oxygens (including phenoxy) is 1. The molecule has 1 atom stereocenters. The fourth-order valence-corrected chi connectivity index (χ4v) is 5.24. The number of anilines is 1. The average Bonchev–Trinajstić information content (AvgIpc) is 3.66. The van der Waals surface area contributed by atoms with Gasteiger partial charge < -0.3 is 20.7 Å². The summed E-state index contributed by atoms with van der Waals surface area (Å²) in [7, 11) is 1.86. The fourth-order valence-electron chi connectivity index (χ4n) is 5.24. The molecule has 0 bridgehead atoms. The van der Waals surface area contributed by atoms with Crippen molar-refractivity contribution in [3.05, 3.63) is 58.7 Å². The summed E-state index contributed by atoms with van der Waals surface area (Å²) in [4.78, 5) is 29.9. The van der Waals surface area contributed by atoms with Crippen LogP contribution in [-0.4, -0.2) is 60.4 Å². The molecule has 3 N–H and O–H groups in total. The molecular formula is C29H40N4O3. The monoisotopic (exact) mass is 492 g/mol. The largest absolute Gasteiger partial charge is 0.481 e. The number of likely N-dealkylation sites (tertiary alicyclic amines) is 1. The highest BCUT2D eigenvalue weighted by Gasteiger charge is 2.45. The van der Waals surface area contributed by atoms with Crippen molar-refractivity contribution >= 4 is 17.5 Å². The van der Waals surface area contributed by atoms with E-state index in [1.165, 1.54) is 5.56 Å². The molecule has 7 nitrogen and oxygen atoms in total. The van der Waals surface area contributed by atoms with Crippen LogP contribution in [0.1, 0.15) is 54.9 Å². The van der Waals surface area contributed by atoms with Gasteiger partial charge in [-0.25, -0.2) is 0 Å². The van der Waals surface area contributed by atoms with Crippen molar-refractivity contribution in [1.29, 1.82) is 0 Å². The van der Waals surface area contributed by atoms with Gasteiger partial charge in [0.25, 0.3) is 5.91 Å². The first kappa shape index (κ1) is 26.0. The van der Waals surface area contributed by atoms with Gasteiger partial charge in [-0.15, -0.1) is 0 Å². The van der Waals surface area contributed by atoms with Crippen LogP contribution in [0, 0.1) is 20.8 Å². The van der Waals surface area contributed by atoms with Crippen molar-refractivity contribution < 1.29 is 14.3 Å². The standard InChI is InChI=1S/C29H40N4O3/c1-19-17-25(20(2)21(3)27(19)30)36-22(4)28(35)32(5)24-11-15-33(16-12-24)18-26(34)31-29(13-14-29)23-9-7-6-8-10-23/h6-10,17,22,24H,11-16,18,30H2,1-5H3,(H,31,34). The number of hydrogen-bond acceptors (Lipinski definition) is 5.